The van der Waals surface area contributed by atoms with Crippen LogP contribution in [0.3, 0.4) is 0 Å². The van der Waals surface area contributed by atoms with Crippen molar-refractivity contribution in [1.29, 1.82) is 0 Å². The van der Waals surface area contributed by atoms with Crippen molar-refractivity contribution in [2.24, 2.45) is 0 Å². The largest absolute Gasteiger partial charge is 0.394 e. The zero-order chi connectivity index (χ0) is 18.5. The third kappa shape index (κ3) is 3.97. The first-order valence-electron chi connectivity index (χ1n) is 8.44. The van der Waals surface area contributed by atoms with E-state index in [0.717, 1.165) is 5.56 Å². The van der Waals surface area contributed by atoms with Crippen LogP contribution in [0.4, 0.5) is 0 Å². The highest BCUT2D eigenvalue weighted by Crippen LogP contribution is 2.06. The Hall–Kier alpha value is -3.00. The number of H-pyrrole nitrogens is 1. The van der Waals surface area contributed by atoms with Crippen LogP contribution in [-0.2, 0) is 17.6 Å². The van der Waals surface area contributed by atoms with Crippen LogP contribution >= 0.6 is 0 Å². The van der Waals surface area contributed by atoms with Gasteiger partial charge in [-0.25, -0.2) is 9.97 Å². The van der Waals surface area contributed by atoms with Crippen molar-refractivity contribution in [1.82, 2.24) is 24.9 Å². The molecule has 1 unspecified atom stereocenters. The summed E-state index contributed by atoms with van der Waals surface area (Å²) in [6, 6.07) is 9.29. The maximum atomic E-state index is 12.4. The normalized spacial score (nSPS) is 12.2. The molecule has 0 aliphatic rings. The van der Waals surface area contributed by atoms with Gasteiger partial charge in [-0.1, -0.05) is 30.3 Å². The van der Waals surface area contributed by atoms with Gasteiger partial charge in [0.25, 0.3) is 11.3 Å². The molecule has 26 heavy (non-hydrogen) atoms. The number of aromatic amines is 1. The van der Waals surface area contributed by atoms with E-state index in [2.05, 4.69) is 20.4 Å². The first-order valence-corrected chi connectivity index (χ1v) is 8.44. The molecule has 8 nitrogen and oxygen atoms in total. The van der Waals surface area contributed by atoms with E-state index in [1.165, 1.54) is 10.8 Å². The molecule has 0 saturated carbocycles. The van der Waals surface area contributed by atoms with Crippen LogP contribution in [-0.4, -0.2) is 43.2 Å². The highest BCUT2D eigenvalue weighted by atomic mass is 16.3. The zero-order valence-electron chi connectivity index (χ0n) is 14.5. The summed E-state index contributed by atoms with van der Waals surface area (Å²) in [5.41, 5.74) is 1.83. The van der Waals surface area contributed by atoms with Gasteiger partial charge >= 0.3 is 0 Å². The number of carbonyl (C=O) groups is 1. The minimum Gasteiger partial charge on any atom is -0.394 e. The van der Waals surface area contributed by atoms with Crippen molar-refractivity contribution < 1.29 is 9.90 Å². The maximum absolute atomic E-state index is 12.4. The van der Waals surface area contributed by atoms with Crippen LogP contribution in [0.25, 0.3) is 5.78 Å². The summed E-state index contributed by atoms with van der Waals surface area (Å²) in [4.78, 5) is 32.9. The van der Waals surface area contributed by atoms with E-state index in [1.807, 2.05) is 30.3 Å². The first-order chi connectivity index (χ1) is 12.6. The molecule has 1 amide bonds. The molecule has 2 heterocycles. The number of aliphatic hydroxyl groups is 1. The number of benzene rings is 1. The predicted octanol–water partition coefficient (Wildman–Crippen LogP) is 0.378. The molecule has 3 rings (SSSR count). The fourth-order valence-corrected chi connectivity index (χ4v) is 2.88. The van der Waals surface area contributed by atoms with Gasteiger partial charge in [0, 0.05) is 12.0 Å². The third-order valence-corrected chi connectivity index (χ3v) is 4.25. The lowest BCUT2D eigenvalue weighted by atomic mass is 10.1. The smallest absolute Gasteiger partial charge is 0.277 e. The monoisotopic (exact) mass is 355 g/mol. The van der Waals surface area contributed by atoms with Gasteiger partial charge in [0.15, 0.2) is 0 Å². The van der Waals surface area contributed by atoms with E-state index in [4.69, 9.17) is 0 Å². The summed E-state index contributed by atoms with van der Waals surface area (Å²) in [6.07, 6.45) is 2.36. The van der Waals surface area contributed by atoms with Gasteiger partial charge in [-0.15, -0.1) is 0 Å². The van der Waals surface area contributed by atoms with Gasteiger partial charge in [0.2, 0.25) is 5.91 Å². The number of aromatic nitrogens is 4. The number of aliphatic hydroxyl groups excluding tert-OH is 1. The lowest BCUT2D eigenvalue weighted by Crippen LogP contribution is -2.39. The Bertz CT molecular complexity index is 948. The van der Waals surface area contributed by atoms with Gasteiger partial charge in [-0.3, -0.25) is 14.7 Å². The molecule has 3 aromatic rings. The second-order valence-corrected chi connectivity index (χ2v) is 6.14. The lowest BCUT2D eigenvalue weighted by Gasteiger charge is -2.16. The van der Waals surface area contributed by atoms with Crippen LogP contribution in [0.2, 0.25) is 0 Å². The van der Waals surface area contributed by atoms with Crippen LogP contribution in [0, 0.1) is 6.92 Å². The van der Waals surface area contributed by atoms with Crippen LogP contribution < -0.4 is 10.9 Å². The van der Waals surface area contributed by atoms with Crippen molar-refractivity contribution in [2.45, 2.75) is 32.2 Å². The van der Waals surface area contributed by atoms with Gasteiger partial charge in [0.05, 0.1) is 18.3 Å². The van der Waals surface area contributed by atoms with E-state index < -0.39 is 0 Å². The number of carbonyl (C=O) groups excluding carboxylic acids is 1. The maximum Gasteiger partial charge on any atom is 0.277 e. The number of nitrogens with one attached hydrogen (secondary N) is 2. The van der Waals surface area contributed by atoms with E-state index in [1.54, 1.807) is 6.92 Å². The van der Waals surface area contributed by atoms with E-state index in [0.29, 0.717) is 23.5 Å². The molecule has 1 aromatic carbocycles. The van der Waals surface area contributed by atoms with E-state index in [-0.39, 0.29) is 37.0 Å². The molecule has 0 spiro atoms. The second kappa shape index (κ2) is 7.92. The molecule has 0 saturated heterocycles. The topological polar surface area (TPSA) is 112 Å². The fourth-order valence-electron chi connectivity index (χ4n) is 2.88. The Morgan fingerprint density at radius 2 is 2.12 bits per heavy atom. The Kier molecular flexibility index (Phi) is 5.43. The molecule has 0 aliphatic heterocycles. The molecule has 0 aliphatic carbocycles. The summed E-state index contributed by atoms with van der Waals surface area (Å²) < 4.78 is 1.26. The average Bonchev–Trinajstić information content (AvgIpc) is 3.10. The molecule has 8 heteroatoms. The number of rotatable bonds is 7. The molecule has 2 aromatic heterocycles. The third-order valence-electron chi connectivity index (χ3n) is 4.25. The van der Waals surface area contributed by atoms with Crippen molar-refractivity contribution in [3.8, 4) is 0 Å². The highest BCUT2D eigenvalue weighted by molar-refractivity contribution is 5.76. The summed E-state index contributed by atoms with van der Waals surface area (Å²) in [5.74, 6) is 0.0948. The minimum atomic E-state index is -0.361. The molecular weight excluding hydrogens is 334 g/mol. The lowest BCUT2D eigenvalue weighted by molar-refractivity contribution is -0.122. The number of hydrogen-bond acceptors (Lipinski definition) is 5. The number of aryl methyl sites for hydroxylation is 1. The van der Waals surface area contributed by atoms with E-state index in [9.17, 15) is 14.7 Å². The van der Waals surface area contributed by atoms with Crippen molar-refractivity contribution in [2.75, 3.05) is 6.61 Å². The minimum absolute atomic E-state index is 0.142. The van der Waals surface area contributed by atoms with Gasteiger partial charge in [-0.05, 0) is 25.3 Å². The Balaban J connectivity index is 1.62. The predicted molar refractivity (Wildman–Crippen MR) is 95.8 cm³/mol. The summed E-state index contributed by atoms with van der Waals surface area (Å²) >= 11 is 0. The van der Waals surface area contributed by atoms with Crippen molar-refractivity contribution >= 4 is 11.7 Å². The standard InChI is InChI=1S/C18H21N5O3/c1-12-15(17(26)23-18(21-12)19-11-20-23)7-8-16(25)22-14(10-24)9-13-5-3-2-4-6-13/h2-6,11,14,24H,7-10H2,1H3,(H,22,25)(H,19,20,21). The summed E-state index contributed by atoms with van der Waals surface area (Å²) in [5, 5.41) is 15.0. The molecule has 136 valence electrons. The molecule has 0 radical (unpaired) electrons. The molecule has 0 bridgehead atoms. The number of amides is 1. The number of nitrogens with zero attached hydrogens (tertiary/aromatic N) is 3. The van der Waals surface area contributed by atoms with Crippen LogP contribution in [0.15, 0.2) is 41.5 Å². The SMILES string of the molecule is Cc1nc2nc[nH]n2c(=O)c1CCC(=O)NC(CO)Cc1ccccc1. The van der Waals surface area contributed by atoms with Gasteiger partial charge in [0.1, 0.15) is 6.33 Å². The molecule has 1 atom stereocenters. The van der Waals surface area contributed by atoms with Gasteiger partial charge < -0.3 is 10.4 Å². The number of hydrogen-bond donors (Lipinski definition) is 3. The van der Waals surface area contributed by atoms with Crippen molar-refractivity contribution in [3.63, 3.8) is 0 Å². The fraction of sp³-hybridized carbons (Fsp3) is 0.333. The first kappa shape index (κ1) is 17.8. The quantitative estimate of drug-likeness (QED) is 0.567. The highest BCUT2D eigenvalue weighted by Gasteiger charge is 2.15. The second-order valence-electron chi connectivity index (χ2n) is 6.14. The Morgan fingerprint density at radius 1 is 1.35 bits per heavy atom. The molecular formula is C18H21N5O3. The van der Waals surface area contributed by atoms with Crippen molar-refractivity contribution in [3.05, 3.63) is 63.8 Å². The van der Waals surface area contributed by atoms with Gasteiger partial charge in [-0.2, -0.15) is 4.52 Å². The van der Waals surface area contributed by atoms with Crippen LogP contribution in [0.5, 0.6) is 0 Å². The number of fused-ring (bicyclic) bond motifs is 1. The van der Waals surface area contributed by atoms with E-state index >= 15 is 0 Å². The average molecular weight is 355 g/mol. The zero-order valence-corrected chi connectivity index (χ0v) is 14.5. The molecule has 0 fully saturated rings. The Labute approximate surface area is 149 Å². The van der Waals surface area contributed by atoms with Crippen LogP contribution in [0.1, 0.15) is 23.2 Å². The molecule has 3 N–H and O–H groups in total. The summed E-state index contributed by atoms with van der Waals surface area (Å²) in [6.45, 7) is 1.58. The summed E-state index contributed by atoms with van der Waals surface area (Å²) in [7, 11) is 0. The Morgan fingerprint density at radius 3 is 2.85 bits per heavy atom.